The molecule has 4 N–H and O–H groups in total. The second kappa shape index (κ2) is 5.97. The van der Waals surface area contributed by atoms with Gasteiger partial charge in [-0.05, 0) is 18.8 Å². The van der Waals surface area contributed by atoms with E-state index in [1.165, 1.54) is 12.8 Å². The lowest BCUT2D eigenvalue weighted by molar-refractivity contribution is 0.0868. The van der Waals surface area contributed by atoms with Crippen molar-refractivity contribution in [3.05, 3.63) is 0 Å². The van der Waals surface area contributed by atoms with Crippen molar-refractivity contribution in [1.29, 1.82) is 0 Å². The minimum Gasteiger partial charge on any atom is -0.328 e. The van der Waals surface area contributed by atoms with Gasteiger partial charge in [-0.15, -0.1) is 0 Å². The summed E-state index contributed by atoms with van der Waals surface area (Å²) in [6, 6.07) is 0. The van der Waals surface area contributed by atoms with Crippen LogP contribution >= 0.6 is 7.82 Å². The smallest absolute Gasteiger partial charge is 0.328 e. The monoisotopic (exact) mass is 237 g/mol. The average Bonchev–Trinajstić information content (AvgIpc) is 2.40. The van der Waals surface area contributed by atoms with Crippen LogP contribution in [0.2, 0.25) is 0 Å². The highest BCUT2D eigenvalue weighted by Crippen LogP contribution is 2.41. The first-order valence-electron chi connectivity index (χ1n) is 5.47. The molecule has 0 radical (unpaired) electrons. The number of phosphoric ester groups is 1. The molecule has 0 aromatic heterocycles. The molecule has 0 heterocycles. The molecule has 1 rings (SSSR count). The number of rotatable bonds is 4. The van der Waals surface area contributed by atoms with Crippen molar-refractivity contribution in [2.24, 2.45) is 11.7 Å². The molecule has 0 aromatic carbocycles. The third-order valence-corrected chi connectivity index (χ3v) is 3.48. The fourth-order valence-electron chi connectivity index (χ4n) is 2.18. The SMILES string of the molecule is NCC(OP(=O)(O)O)C1CCCCCC1. The molecule has 0 bridgehead atoms. The van der Waals surface area contributed by atoms with E-state index in [4.69, 9.17) is 20.0 Å². The summed E-state index contributed by atoms with van der Waals surface area (Å²) in [5.41, 5.74) is 5.49. The van der Waals surface area contributed by atoms with Gasteiger partial charge in [0.15, 0.2) is 0 Å². The summed E-state index contributed by atoms with van der Waals surface area (Å²) in [7, 11) is -4.40. The van der Waals surface area contributed by atoms with E-state index in [1.807, 2.05) is 0 Å². The number of phosphoric acid groups is 1. The molecule has 0 saturated heterocycles. The Labute approximate surface area is 90.2 Å². The van der Waals surface area contributed by atoms with Crippen molar-refractivity contribution < 1.29 is 18.9 Å². The fraction of sp³-hybridized carbons (Fsp3) is 1.00. The molecule has 1 aliphatic carbocycles. The molecular formula is C9H20NO4P. The van der Waals surface area contributed by atoms with Crippen molar-refractivity contribution in [3.8, 4) is 0 Å². The second-order valence-corrected chi connectivity index (χ2v) is 5.31. The maximum absolute atomic E-state index is 10.7. The normalized spacial score (nSPS) is 22.3. The zero-order valence-corrected chi connectivity index (χ0v) is 9.73. The predicted molar refractivity (Wildman–Crippen MR) is 57.2 cm³/mol. The van der Waals surface area contributed by atoms with Crippen molar-refractivity contribution in [1.82, 2.24) is 0 Å². The van der Waals surface area contributed by atoms with Crippen LogP contribution in [0.5, 0.6) is 0 Å². The van der Waals surface area contributed by atoms with Gasteiger partial charge in [-0.2, -0.15) is 0 Å². The average molecular weight is 237 g/mol. The van der Waals surface area contributed by atoms with Crippen LogP contribution in [-0.4, -0.2) is 22.4 Å². The van der Waals surface area contributed by atoms with Crippen LogP contribution in [0.1, 0.15) is 38.5 Å². The van der Waals surface area contributed by atoms with E-state index < -0.39 is 13.9 Å². The lowest BCUT2D eigenvalue weighted by Crippen LogP contribution is -2.31. The molecule has 5 nitrogen and oxygen atoms in total. The van der Waals surface area contributed by atoms with Gasteiger partial charge >= 0.3 is 7.82 Å². The standard InChI is InChI=1S/C9H20NO4P/c10-7-9(14-15(11,12)13)8-5-3-1-2-4-6-8/h8-9H,1-7,10H2,(H2,11,12,13). The second-order valence-electron chi connectivity index (χ2n) is 4.12. The summed E-state index contributed by atoms with van der Waals surface area (Å²) in [6.45, 7) is 0.176. The molecule has 0 aromatic rings. The van der Waals surface area contributed by atoms with Gasteiger partial charge in [0, 0.05) is 6.54 Å². The highest BCUT2D eigenvalue weighted by Gasteiger charge is 2.28. The molecule has 1 fully saturated rings. The Hall–Kier alpha value is 0.0700. The summed E-state index contributed by atoms with van der Waals surface area (Å²) < 4.78 is 15.5. The van der Waals surface area contributed by atoms with Crippen LogP contribution in [-0.2, 0) is 9.09 Å². The van der Waals surface area contributed by atoms with Gasteiger partial charge < -0.3 is 15.5 Å². The minimum atomic E-state index is -4.40. The fourth-order valence-corrected chi connectivity index (χ4v) is 2.79. The largest absolute Gasteiger partial charge is 0.469 e. The van der Waals surface area contributed by atoms with E-state index in [1.54, 1.807) is 0 Å². The first-order chi connectivity index (χ1) is 7.03. The van der Waals surface area contributed by atoms with Gasteiger partial charge in [-0.25, -0.2) is 4.57 Å². The lowest BCUT2D eigenvalue weighted by atomic mass is 9.94. The van der Waals surface area contributed by atoms with Crippen LogP contribution in [0.3, 0.4) is 0 Å². The summed E-state index contributed by atoms with van der Waals surface area (Å²) in [6.07, 6.45) is 6.03. The number of hydrogen-bond donors (Lipinski definition) is 3. The van der Waals surface area contributed by atoms with Crippen molar-refractivity contribution in [2.75, 3.05) is 6.54 Å². The summed E-state index contributed by atoms with van der Waals surface area (Å²) in [5, 5.41) is 0. The molecule has 1 saturated carbocycles. The number of hydrogen-bond acceptors (Lipinski definition) is 3. The van der Waals surface area contributed by atoms with Crippen LogP contribution in [0.25, 0.3) is 0 Å². The quantitative estimate of drug-likeness (QED) is 0.507. The Bertz CT molecular complexity index is 222. The Balaban J connectivity index is 2.52. The molecule has 0 spiro atoms. The van der Waals surface area contributed by atoms with E-state index in [-0.39, 0.29) is 12.5 Å². The summed E-state index contributed by atoms with van der Waals surface area (Å²) >= 11 is 0. The Morgan fingerprint density at radius 3 is 2.20 bits per heavy atom. The van der Waals surface area contributed by atoms with Crippen LogP contribution in [0.4, 0.5) is 0 Å². The van der Waals surface area contributed by atoms with Gasteiger partial charge in [0.1, 0.15) is 0 Å². The molecule has 0 aliphatic heterocycles. The summed E-state index contributed by atoms with van der Waals surface area (Å²) in [5.74, 6) is 0.199. The topological polar surface area (TPSA) is 92.8 Å². The first-order valence-corrected chi connectivity index (χ1v) is 7.00. The van der Waals surface area contributed by atoms with E-state index in [0.29, 0.717) is 0 Å². The Kier molecular flexibility index (Phi) is 5.23. The van der Waals surface area contributed by atoms with Crippen LogP contribution in [0.15, 0.2) is 0 Å². The molecular weight excluding hydrogens is 217 g/mol. The predicted octanol–water partition coefficient (Wildman–Crippen LogP) is 1.39. The summed E-state index contributed by atoms with van der Waals surface area (Å²) in [4.78, 5) is 17.5. The van der Waals surface area contributed by atoms with Crippen LogP contribution in [0, 0.1) is 5.92 Å². The first kappa shape index (κ1) is 13.1. The Morgan fingerprint density at radius 2 is 1.80 bits per heavy atom. The molecule has 1 unspecified atom stereocenters. The van der Waals surface area contributed by atoms with E-state index in [9.17, 15) is 4.57 Å². The van der Waals surface area contributed by atoms with Crippen molar-refractivity contribution in [3.63, 3.8) is 0 Å². The van der Waals surface area contributed by atoms with Gasteiger partial charge in [0.25, 0.3) is 0 Å². The van der Waals surface area contributed by atoms with Gasteiger partial charge in [0.05, 0.1) is 6.10 Å². The molecule has 1 aliphatic rings. The minimum absolute atomic E-state index is 0.176. The van der Waals surface area contributed by atoms with E-state index >= 15 is 0 Å². The highest BCUT2D eigenvalue weighted by molar-refractivity contribution is 7.46. The van der Waals surface area contributed by atoms with E-state index in [0.717, 1.165) is 25.7 Å². The molecule has 6 heteroatoms. The maximum atomic E-state index is 10.7. The van der Waals surface area contributed by atoms with Gasteiger partial charge in [0.2, 0.25) is 0 Å². The third-order valence-electron chi connectivity index (χ3n) is 2.93. The lowest BCUT2D eigenvalue weighted by Gasteiger charge is -2.24. The van der Waals surface area contributed by atoms with E-state index in [2.05, 4.69) is 0 Å². The molecule has 90 valence electrons. The Morgan fingerprint density at radius 1 is 1.27 bits per heavy atom. The van der Waals surface area contributed by atoms with Crippen molar-refractivity contribution in [2.45, 2.75) is 44.6 Å². The van der Waals surface area contributed by atoms with Gasteiger partial charge in [-0.3, -0.25) is 4.52 Å². The highest BCUT2D eigenvalue weighted by atomic mass is 31.2. The third kappa shape index (κ3) is 5.09. The number of nitrogens with two attached hydrogens (primary N) is 1. The van der Waals surface area contributed by atoms with Gasteiger partial charge in [-0.1, -0.05) is 25.7 Å². The van der Waals surface area contributed by atoms with Crippen molar-refractivity contribution >= 4 is 7.82 Å². The molecule has 1 atom stereocenters. The van der Waals surface area contributed by atoms with Crippen LogP contribution < -0.4 is 5.73 Å². The molecule has 15 heavy (non-hydrogen) atoms. The molecule has 0 amide bonds. The maximum Gasteiger partial charge on any atom is 0.469 e. The zero-order valence-electron chi connectivity index (χ0n) is 8.84. The zero-order chi connectivity index (χ0) is 11.3.